The lowest BCUT2D eigenvalue weighted by Crippen LogP contribution is -2.42. The summed E-state index contributed by atoms with van der Waals surface area (Å²) in [5.41, 5.74) is -0.410. The third-order valence-corrected chi connectivity index (χ3v) is 4.03. The van der Waals surface area contributed by atoms with Gasteiger partial charge in [-0.1, -0.05) is 13.8 Å². The van der Waals surface area contributed by atoms with Gasteiger partial charge < -0.3 is 10.4 Å². The molecule has 7 heteroatoms. The molecule has 1 aromatic rings. The lowest BCUT2D eigenvalue weighted by atomic mass is 9.71. The molecule has 1 fully saturated rings. The lowest BCUT2D eigenvalue weighted by molar-refractivity contribution is -0.0146. The Balaban J connectivity index is 1.95. The van der Waals surface area contributed by atoms with Gasteiger partial charge in [0.2, 0.25) is 16.5 Å². The molecular weight excluding hydrogens is 287 g/mol. The average molecular weight is 305 g/mol. The van der Waals surface area contributed by atoms with Crippen LogP contribution in [-0.4, -0.2) is 32.2 Å². The molecule has 106 valence electrons. The van der Waals surface area contributed by atoms with Crippen LogP contribution in [0.5, 0.6) is 0 Å². The van der Waals surface area contributed by atoms with E-state index in [9.17, 15) is 5.11 Å². The van der Waals surface area contributed by atoms with Crippen LogP contribution >= 0.6 is 23.2 Å². The number of hydrogen-bond acceptors (Lipinski definition) is 5. The zero-order valence-corrected chi connectivity index (χ0v) is 12.6. The molecule has 2 rings (SSSR count). The number of aromatic nitrogens is 3. The summed E-state index contributed by atoms with van der Waals surface area (Å²) in [4.78, 5) is 11.5. The SMILES string of the molecule is CC1(C)CCC(O)(CNc2nc(Cl)nc(Cl)n2)CC1. The second-order valence-corrected chi connectivity index (χ2v) is 6.62. The molecule has 0 amide bonds. The highest BCUT2D eigenvalue weighted by Crippen LogP contribution is 2.40. The molecule has 0 atom stereocenters. The van der Waals surface area contributed by atoms with Crippen molar-refractivity contribution in [3.8, 4) is 0 Å². The fraction of sp³-hybridized carbons (Fsp3) is 0.750. The maximum absolute atomic E-state index is 10.5. The van der Waals surface area contributed by atoms with Gasteiger partial charge >= 0.3 is 0 Å². The zero-order valence-electron chi connectivity index (χ0n) is 11.1. The minimum absolute atomic E-state index is 0.0410. The first-order valence-corrected chi connectivity index (χ1v) is 7.07. The Morgan fingerprint density at radius 1 is 1.05 bits per heavy atom. The summed E-state index contributed by atoms with van der Waals surface area (Å²) in [5, 5.41) is 13.6. The fourth-order valence-corrected chi connectivity index (χ4v) is 2.58. The van der Waals surface area contributed by atoms with Gasteiger partial charge in [0.05, 0.1) is 5.60 Å². The number of nitrogens with zero attached hydrogens (tertiary/aromatic N) is 3. The summed E-state index contributed by atoms with van der Waals surface area (Å²) in [5.74, 6) is 0.295. The Morgan fingerprint density at radius 3 is 2.11 bits per heavy atom. The highest BCUT2D eigenvalue weighted by molar-refractivity contribution is 6.31. The second kappa shape index (κ2) is 5.38. The molecule has 0 unspecified atom stereocenters. The number of anilines is 1. The molecule has 1 aliphatic rings. The molecule has 0 saturated heterocycles. The topological polar surface area (TPSA) is 70.9 Å². The Labute approximate surface area is 122 Å². The summed E-state index contributed by atoms with van der Waals surface area (Å²) in [6, 6.07) is 0. The molecule has 5 nitrogen and oxygen atoms in total. The van der Waals surface area contributed by atoms with Gasteiger partial charge in [0, 0.05) is 6.54 Å². The van der Waals surface area contributed by atoms with Crippen molar-refractivity contribution in [2.75, 3.05) is 11.9 Å². The number of rotatable bonds is 3. The molecule has 0 bridgehead atoms. The number of aliphatic hydroxyl groups is 1. The van der Waals surface area contributed by atoms with Crippen molar-refractivity contribution in [3.05, 3.63) is 10.6 Å². The van der Waals surface area contributed by atoms with Crippen LogP contribution in [0.25, 0.3) is 0 Å². The number of nitrogens with one attached hydrogen (secondary N) is 1. The molecule has 0 radical (unpaired) electrons. The largest absolute Gasteiger partial charge is 0.388 e. The van der Waals surface area contributed by atoms with E-state index in [1.54, 1.807) is 0 Å². The monoisotopic (exact) mass is 304 g/mol. The van der Waals surface area contributed by atoms with E-state index in [0.29, 0.717) is 17.9 Å². The lowest BCUT2D eigenvalue weighted by Gasteiger charge is -2.40. The van der Waals surface area contributed by atoms with Crippen molar-refractivity contribution in [2.24, 2.45) is 5.41 Å². The van der Waals surface area contributed by atoms with Crippen molar-refractivity contribution in [2.45, 2.75) is 45.1 Å². The molecule has 0 aromatic carbocycles. The first-order valence-electron chi connectivity index (χ1n) is 6.31. The van der Waals surface area contributed by atoms with Gasteiger partial charge in [0.25, 0.3) is 0 Å². The van der Waals surface area contributed by atoms with Gasteiger partial charge in [-0.25, -0.2) is 0 Å². The van der Waals surface area contributed by atoms with E-state index >= 15 is 0 Å². The predicted octanol–water partition coefficient (Wildman–Crippen LogP) is 2.92. The summed E-state index contributed by atoms with van der Waals surface area (Å²) >= 11 is 11.4. The molecule has 1 heterocycles. The Kier molecular flexibility index (Phi) is 4.18. The standard InChI is InChI=1S/C12H18Cl2N4O/c1-11(2)3-5-12(19,6-4-11)7-15-10-17-8(13)16-9(14)18-10/h19H,3-7H2,1-2H3,(H,15,16,17,18). The van der Waals surface area contributed by atoms with Crippen LogP contribution < -0.4 is 5.32 Å². The third kappa shape index (κ3) is 4.16. The van der Waals surface area contributed by atoms with E-state index in [-0.39, 0.29) is 10.6 Å². The van der Waals surface area contributed by atoms with Crippen LogP contribution in [0.3, 0.4) is 0 Å². The number of halogens is 2. The Morgan fingerprint density at radius 2 is 1.58 bits per heavy atom. The van der Waals surface area contributed by atoms with Crippen LogP contribution in [0.15, 0.2) is 0 Å². The minimum atomic E-state index is -0.721. The van der Waals surface area contributed by atoms with Gasteiger partial charge in [-0.05, 0) is 54.3 Å². The zero-order chi connectivity index (χ0) is 14.1. The van der Waals surface area contributed by atoms with E-state index in [0.717, 1.165) is 25.7 Å². The van der Waals surface area contributed by atoms with Crippen molar-refractivity contribution in [1.29, 1.82) is 0 Å². The summed E-state index contributed by atoms with van der Waals surface area (Å²) < 4.78 is 0. The third-order valence-electron chi connectivity index (χ3n) is 3.69. The molecule has 0 spiro atoms. The molecule has 1 saturated carbocycles. The molecule has 1 aliphatic carbocycles. The fourth-order valence-electron chi connectivity index (χ4n) is 2.22. The predicted molar refractivity (Wildman–Crippen MR) is 75.5 cm³/mol. The highest BCUT2D eigenvalue weighted by Gasteiger charge is 2.36. The molecule has 0 aliphatic heterocycles. The van der Waals surface area contributed by atoms with Crippen LogP contribution in [0, 0.1) is 5.41 Å². The van der Waals surface area contributed by atoms with Gasteiger partial charge in [0.1, 0.15) is 0 Å². The highest BCUT2D eigenvalue weighted by atomic mass is 35.5. The smallest absolute Gasteiger partial charge is 0.228 e. The maximum Gasteiger partial charge on any atom is 0.228 e. The average Bonchev–Trinajstić information content (AvgIpc) is 2.30. The summed E-state index contributed by atoms with van der Waals surface area (Å²) in [7, 11) is 0. The normalized spacial score (nSPS) is 21.1. The van der Waals surface area contributed by atoms with E-state index in [4.69, 9.17) is 23.2 Å². The van der Waals surface area contributed by atoms with E-state index in [1.807, 2.05) is 0 Å². The first-order chi connectivity index (χ1) is 8.78. The van der Waals surface area contributed by atoms with Gasteiger partial charge in [-0.15, -0.1) is 0 Å². The van der Waals surface area contributed by atoms with Crippen molar-refractivity contribution < 1.29 is 5.11 Å². The van der Waals surface area contributed by atoms with Gasteiger partial charge in [-0.3, -0.25) is 0 Å². The van der Waals surface area contributed by atoms with Crippen LogP contribution in [0.4, 0.5) is 5.95 Å². The summed E-state index contributed by atoms with van der Waals surface area (Å²) in [6.45, 7) is 4.84. The Bertz CT molecular complexity index is 437. The van der Waals surface area contributed by atoms with Crippen LogP contribution in [-0.2, 0) is 0 Å². The van der Waals surface area contributed by atoms with Crippen LogP contribution in [0.1, 0.15) is 39.5 Å². The number of hydrogen-bond donors (Lipinski definition) is 2. The molecule has 1 aromatic heterocycles. The molecule has 2 N–H and O–H groups in total. The van der Waals surface area contributed by atoms with E-state index in [2.05, 4.69) is 34.1 Å². The second-order valence-electron chi connectivity index (χ2n) is 5.94. The van der Waals surface area contributed by atoms with Crippen LogP contribution in [0.2, 0.25) is 10.6 Å². The molecule has 19 heavy (non-hydrogen) atoms. The maximum atomic E-state index is 10.5. The Hall–Kier alpha value is -0.650. The van der Waals surface area contributed by atoms with Crippen molar-refractivity contribution in [3.63, 3.8) is 0 Å². The quantitative estimate of drug-likeness (QED) is 0.898. The van der Waals surface area contributed by atoms with E-state index in [1.165, 1.54) is 0 Å². The van der Waals surface area contributed by atoms with Crippen molar-refractivity contribution in [1.82, 2.24) is 15.0 Å². The van der Waals surface area contributed by atoms with E-state index < -0.39 is 5.60 Å². The van der Waals surface area contributed by atoms with Gasteiger partial charge in [0.15, 0.2) is 0 Å². The summed E-state index contributed by atoms with van der Waals surface area (Å²) in [6.07, 6.45) is 3.53. The van der Waals surface area contributed by atoms with Gasteiger partial charge in [-0.2, -0.15) is 15.0 Å². The first kappa shape index (κ1) is 14.8. The van der Waals surface area contributed by atoms with Crippen molar-refractivity contribution >= 4 is 29.2 Å². The minimum Gasteiger partial charge on any atom is -0.388 e. The molecular formula is C12H18Cl2N4O.